The van der Waals surface area contributed by atoms with Crippen LogP contribution in [0.25, 0.3) is 0 Å². The lowest BCUT2D eigenvalue weighted by atomic mass is 9.76. The number of nitrogens with zero attached hydrogens (tertiary/aromatic N) is 1. The van der Waals surface area contributed by atoms with Gasteiger partial charge in [0.25, 0.3) is 5.69 Å². The SMILES string of the molecule is CC(C)c1ccc([C@@H]2Nc3c(Cl)cc([N+](=O)[O-])cc3[C@@H]3C=CC[C@H]32)cc1. The molecule has 2 aliphatic rings. The van der Waals surface area contributed by atoms with Gasteiger partial charge in [-0.25, -0.2) is 0 Å². The first-order valence-corrected chi connectivity index (χ1v) is 9.34. The van der Waals surface area contributed by atoms with Crippen LogP contribution in [-0.2, 0) is 0 Å². The summed E-state index contributed by atoms with van der Waals surface area (Å²) < 4.78 is 0. The smallest absolute Gasteiger partial charge is 0.271 e. The number of hydrogen-bond acceptors (Lipinski definition) is 3. The van der Waals surface area contributed by atoms with Crippen LogP contribution >= 0.6 is 11.6 Å². The lowest BCUT2D eigenvalue weighted by Gasteiger charge is -2.38. The van der Waals surface area contributed by atoms with Crippen molar-refractivity contribution in [1.82, 2.24) is 0 Å². The number of allylic oxidation sites excluding steroid dienone is 2. The van der Waals surface area contributed by atoms with Crippen LogP contribution < -0.4 is 5.32 Å². The minimum absolute atomic E-state index is 0.0503. The summed E-state index contributed by atoms with van der Waals surface area (Å²) in [7, 11) is 0. The summed E-state index contributed by atoms with van der Waals surface area (Å²) >= 11 is 6.41. The Balaban J connectivity index is 1.76. The van der Waals surface area contributed by atoms with E-state index >= 15 is 0 Å². The third kappa shape index (κ3) is 2.78. The maximum atomic E-state index is 11.2. The van der Waals surface area contributed by atoms with Gasteiger partial charge in [0.1, 0.15) is 0 Å². The summed E-state index contributed by atoms with van der Waals surface area (Å²) in [6.07, 6.45) is 5.29. The quantitative estimate of drug-likeness (QED) is 0.398. The van der Waals surface area contributed by atoms with Gasteiger partial charge in [-0.3, -0.25) is 10.1 Å². The van der Waals surface area contributed by atoms with E-state index in [9.17, 15) is 10.1 Å². The third-order valence-electron chi connectivity index (χ3n) is 5.58. The Morgan fingerprint density at radius 3 is 2.62 bits per heavy atom. The second kappa shape index (κ2) is 6.44. The Hall–Kier alpha value is -2.33. The Morgan fingerprint density at radius 2 is 1.96 bits per heavy atom. The van der Waals surface area contributed by atoms with Crippen molar-refractivity contribution in [3.63, 3.8) is 0 Å². The molecule has 134 valence electrons. The molecule has 5 heteroatoms. The van der Waals surface area contributed by atoms with Crippen LogP contribution in [0.15, 0.2) is 48.6 Å². The molecule has 0 bridgehead atoms. The van der Waals surface area contributed by atoms with Gasteiger partial charge < -0.3 is 5.32 Å². The van der Waals surface area contributed by atoms with E-state index in [0.717, 1.165) is 17.7 Å². The Labute approximate surface area is 158 Å². The molecular formula is C21H21ClN2O2. The lowest BCUT2D eigenvalue weighted by molar-refractivity contribution is -0.384. The number of benzene rings is 2. The fourth-order valence-corrected chi connectivity index (χ4v) is 4.44. The van der Waals surface area contributed by atoms with Crippen LogP contribution in [0.5, 0.6) is 0 Å². The zero-order valence-corrected chi connectivity index (χ0v) is 15.5. The monoisotopic (exact) mass is 368 g/mol. The van der Waals surface area contributed by atoms with E-state index in [1.807, 2.05) is 0 Å². The first kappa shape index (κ1) is 17.1. The first-order chi connectivity index (χ1) is 12.5. The highest BCUT2D eigenvalue weighted by atomic mass is 35.5. The topological polar surface area (TPSA) is 55.2 Å². The first-order valence-electron chi connectivity index (χ1n) is 8.96. The van der Waals surface area contributed by atoms with Gasteiger partial charge in [0, 0.05) is 18.1 Å². The molecule has 2 aromatic carbocycles. The number of nitro groups is 1. The number of anilines is 1. The second-order valence-electron chi connectivity index (χ2n) is 7.45. The molecule has 0 amide bonds. The average molecular weight is 369 g/mol. The molecular weight excluding hydrogens is 348 g/mol. The molecule has 4 rings (SSSR count). The number of rotatable bonds is 3. The minimum Gasteiger partial charge on any atom is -0.376 e. The standard InChI is InChI=1S/C21H21ClN2O2/c1-12(2)13-6-8-14(9-7-13)20-17-5-3-4-16(17)18-10-15(24(25)26)11-19(22)21(18)23-20/h3-4,6-12,16-17,20,23H,5H2,1-2H3/t16-,17-,20+/m1/s1. The normalized spacial score (nSPS) is 23.5. The number of fused-ring (bicyclic) bond motifs is 3. The van der Waals surface area contributed by atoms with Crippen LogP contribution in [0, 0.1) is 16.0 Å². The zero-order valence-electron chi connectivity index (χ0n) is 14.8. The molecule has 1 N–H and O–H groups in total. The molecule has 4 nitrogen and oxygen atoms in total. The van der Waals surface area contributed by atoms with Crippen molar-refractivity contribution in [3.8, 4) is 0 Å². The van der Waals surface area contributed by atoms with Crippen molar-refractivity contribution < 1.29 is 4.92 Å². The second-order valence-corrected chi connectivity index (χ2v) is 7.85. The van der Waals surface area contributed by atoms with Gasteiger partial charge in [-0.05, 0) is 34.9 Å². The lowest BCUT2D eigenvalue weighted by Crippen LogP contribution is -2.29. The molecule has 1 aliphatic heterocycles. The summed E-state index contributed by atoms with van der Waals surface area (Å²) in [5, 5.41) is 15.2. The van der Waals surface area contributed by atoms with Crippen molar-refractivity contribution >= 4 is 23.0 Å². The molecule has 26 heavy (non-hydrogen) atoms. The van der Waals surface area contributed by atoms with E-state index in [2.05, 4.69) is 55.6 Å². The van der Waals surface area contributed by atoms with E-state index in [4.69, 9.17) is 11.6 Å². The molecule has 0 fully saturated rings. The van der Waals surface area contributed by atoms with Crippen LogP contribution in [0.3, 0.4) is 0 Å². The van der Waals surface area contributed by atoms with Crippen molar-refractivity contribution in [1.29, 1.82) is 0 Å². The summed E-state index contributed by atoms with van der Waals surface area (Å²) in [5.41, 5.74) is 4.35. The molecule has 0 spiro atoms. The minimum atomic E-state index is -0.378. The van der Waals surface area contributed by atoms with Gasteiger partial charge in [-0.1, -0.05) is 61.9 Å². The Bertz CT molecular complexity index is 890. The number of hydrogen-bond donors (Lipinski definition) is 1. The molecule has 3 atom stereocenters. The van der Waals surface area contributed by atoms with Gasteiger partial charge in [0.15, 0.2) is 0 Å². The van der Waals surface area contributed by atoms with E-state index in [-0.39, 0.29) is 22.6 Å². The highest BCUT2D eigenvalue weighted by molar-refractivity contribution is 6.33. The number of halogens is 1. The summed E-state index contributed by atoms with van der Waals surface area (Å²) in [6.45, 7) is 4.38. The average Bonchev–Trinajstić information content (AvgIpc) is 3.11. The van der Waals surface area contributed by atoms with Gasteiger partial charge in [0.05, 0.1) is 21.7 Å². The largest absolute Gasteiger partial charge is 0.376 e. The van der Waals surface area contributed by atoms with Crippen molar-refractivity contribution in [2.75, 3.05) is 5.32 Å². The van der Waals surface area contributed by atoms with Crippen LogP contribution in [0.1, 0.15) is 54.8 Å². The van der Waals surface area contributed by atoms with E-state index < -0.39 is 0 Å². The predicted octanol–water partition coefficient (Wildman–Crippen LogP) is 6.20. The molecule has 0 saturated heterocycles. The maximum Gasteiger partial charge on any atom is 0.271 e. The molecule has 2 aromatic rings. The highest BCUT2D eigenvalue weighted by Gasteiger charge is 2.39. The van der Waals surface area contributed by atoms with Crippen molar-refractivity contribution in [2.24, 2.45) is 5.92 Å². The molecule has 0 unspecified atom stereocenters. The van der Waals surface area contributed by atoms with E-state index in [0.29, 0.717) is 16.9 Å². The van der Waals surface area contributed by atoms with E-state index in [1.165, 1.54) is 17.2 Å². The summed E-state index contributed by atoms with van der Waals surface area (Å²) in [6, 6.07) is 12.0. The predicted molar refractivity (Wildman–Crippen MR) is 105 cm³/mol. The Kier molecular flexibility index (Phi) is 4.23. The number of non-ortho nitro benzene ring substituents is 1. The molecule has 0 aromatic heterocycles. The van der Waals surface area contributed by atoms with Crippen molar-refractivity contribution in [3.05, 3.63) is 80.4 Å². The van der Waals surface area contributed by atoms with Crippen LogP contribution in [0.4, 0.5) is 11.4 Å². The van der Waals surface area contributed by atoms with Gasteiger partial charge >= 0.3 is 0 Å². The maximum absolute atomic E-state index is 11.2. The fraction of sp³-hybridized carbons (Fsp3) is 0.333. The van der Waals surface area contributed by atoms with Gasteiger partial charge in [-0.2, -0.15) is 0 Å². The molecule has 0 saturated carbocycles. The zero-order chi connectivity index (χ0) is 18.4. The van der Waals surface area contributed by atoms with Crippen LogP contribution in [-0.4, -0.2) is 4.92 Å². The van der Waals surface area contributed by atoms with Gasteiger partial charge in [-0.15, -0.1) is 0 Å². The molecule has 1 heterocycles. The highest BCUT2D eigenvalue weighted by Crippen LogP contribution is 2.52. The Morgan fingerprint density at radius 1 is 1.23 bits per heavy atom. The van der Waals surface area contributed by atoms with E-state index in [1.54, 1.807) is 6.07 Å². The van der Waals surface area contributed by atoms with Crippen LogP contribution in [0.2, 0.25) is 5.02 Å². The molecule has 1 aliphatic carbocycles. The summed E-state index contributed by atoms with van der Waals surface area (Å²) in [4.78, 5) is 10.8. The summed E-state index contributed by atoms with van der Waals surface area (Å²) in [5.74, 6) is 0.990. The number of nitrogens with one attached hydrogen (secondary N) is 1. The molecule has 0 radical (unpaired) electrons. The van der Waals surface area contributed by atoms with Gasteiger partial charge in [0.2, 0.25) is 0 Å². The number of nitro benzene ring substituents is 1. The van der Waals surface area contributed by atoms with Crippen molar-refractivity contribution in [2.45, 2.75) is 38.1 Å². The fourth-order valence-electron chi connectivity index (χ4n) is 4.16. The third-order valence-corrected chi connectivity index (χ3v) is 5.88.